The summed E-state index contributed by atoms with van der Waals surface area (Å²) in [6.07, 6.45) is 4.95. The molecule has 0 saturated heterocycles. The molecule has 5 heteroatoms. The van der Waals surface area contributed by atoms with Gasteiger partial charge in [-0.25, -0.2) is 9.59 Å². The number of carboxylic acids is 1. The van der Waals surface area contributed by atoms with Gasteiger partial charge in [0.25, 0.3) is 0 Å². The molecule has 1 aromatic rings. The molecule has 1 aliphatic carbocycles. The van der Waals surface area contributed by atoms with Gasteiger partial charge in [0.1, 0.15) is 0 Å². The van der Waals surface area contributed by atoms with Crippen molar-refractivity contribution in [1.29, 1.82) is 0 Å². The van der Waals surface area contributed by atoms with E-state index in [2.05, 4.69) is 5.32 Å². The molecule has 2 rings (SSSR count). The summed E-state index contributed by atoms with van der Waals surface area (Å²) in [6.45, 7) is 1.13. The molecule has 0 spiro atoms. The van der Waals surface area contributed by atoms with Crippen LogP contribution in [0.15, 0.2) is 24.3 Å². The summed E-state index contributed by atoms with van der Waals surface area (Å²) in [7, 11) is 1.81. The first-order valence-electron chi connectivity index (χ1n) is 7.37. The zero-order valence-corrected chi connectivity index (χ0v) is 12.3. The van der Waals surface area contributed by atoms with Crippen LogP contribution >= 0.6 is 0 Å². The van der Waals surface area contributed by atoms with E-state index in [1.165, 1.54) is 25.7 Å². The highest BCUT2D eigenvalue weighted by molar-refractivity contribution is 5.87. The fraction of sp³-hybridized carbons (Fsp3) is 0.500. The summed E-state index contributed by atoms with van der Waals surface area (Å²) in [5.74, 6) is -0.336. The average Bonchev–Trinajstić information content (AvgIpc) is 2.97. The highest BCUT2D eigenvalue weighted by atomic mass is 16.4. The Labute approximate surface area is 125 Å². The summed E-state index contributed by atoms with van der Waals surface area (Å²) in [5, 5.41) is 11.8. The summed E-state index contributed by atoms with van der Waals surface area (Å²) in [6, 6.07) is 6.51. The molecule has 1 aliphatic rings. The van der Waals surface area contributed by atoms with Gasteiger partial charge in [-0.05, 0) is 36.5 Å². The lowest BCUT2D eigenvalue weighted by Gasteiger charge is -2.21. The van der Waals surface area contributed by atoms with Gasteiger partial charge in [-0.1, -0.05) is 25.0 Å². The molecule has 0 radical (unpaired) electrons. The minimum atomic E-state index is -0.957. The number of urea groups is 1. The van der Waals surface area contributed by atoms with Gasteiger partial charge in [-0.2, -0.15) is 0 Å². The van der Waals surface area contributed by atoms with E-state index in [1.54, 1.807) is 30.1 Å². The first-order chi connectivity index (χ1) is 10.1. The topological polar surface area (TPSA) is 69.6 Å². The lowest BCUT2D eigenvalue weighted by molar-refractivity contribution is 0.0696. The zero-order valence-electron chi connectivity index (χ0n) is 12.3. The molecule has 0 aliphatic heterocycles. The molecule has 1 fully saturated rings. The predicted molar refractivity (Wildman–Crippen MR) is 80.2 cm³/mol. The Hall–Kier alpha value is -2.04. The highest BCUT2D eigenvalue weighted by Crippen LogP contribution is 2.25. The molecule has 1 saturated carbocycles. The van der Waals surface area contributed by atoms with E-state index in [9.17, 15) is 9.59 Å². The molecule has 5 nitrogen and oxygen atoms in total. The number of nitrogens with one attached hydrogen (secondary N) is 1. The van der Waals surface area contributed by atoms with Gasteiger partial charge >= 0.3 is 12.0 Å². The number of aromatic carboxylic acids is 1. The number of carbonyl (C=O) groups is 2. The van der Waals surface area contributed by atoms with E-state index in [0.29, 0.717) is 12.5 Å². The largest absolute Gasteiger partial charge is 0.478 e. The second kappa shape index (κ2) is 7.11. The number of hydrogen-bond acceptors (Lipinski definition) is 2. The maximum atomic E-state index is 12.0. The first-order valence-corrected chi connectivity index (χ1v) is 7.37. The summed E-state index contributed by atoms with van der Waals surface area (Å²) in [5.41, 5.74) is 1.03. The minimum Gasteiger partial charge on any atom is -0.478 e. The average molecular weight is 290 g/mol. The van der Waals surface area contributed by atoms with Gasteiger partial charge in [-0.3, -0.25) is 0 Å². The van der Waals surface area contributed by atoms with Crippen LogP contribution in [0.5, 0.6) is 0 Å². The quantitative estimate of drug-likeness (QED) is 0.876. The monoisotopic (exact) mass is 290 g/mol. The third-order valence-electron chi connectivity index (χ3n) is 3.97. The van der Waals surface area contributed by atoms with E-state index in [-0.39, 0.29) is 11.6 Å². The molecule has 0 heterocycles. The Morgan fingerprint density at radius 3 is 2.71 bits per heavy atom. The number of amides is 2. The number of carbonyl (C=O) groups excluding carboxylic acids is 1. The Kier molecular flexibility index (Phi) is 5.20. The fourth-order valence-electron chi connectivity index (χ4n) is 2.79. The molecule has 1 aromatic carbocycles. The van der Waals surface area contributed by atoms with Gasteiger partial charge in [0, 0.05) is 20.1 Å². The Morgan fingerprint density at radius 1 is 1.33 bits per heavy atom. The molecule has 0 aromatic heterocycles. The molecule has 2 amide bonds. The smallest absolute Gasteiger partial charge is 0.335 e. The fourth-order valence-corrected chi connectivity index (χ4v) is 2.79. The first kappa shape index (κ1) is 15.4. The standard InChI is InChI=1S/C16H22N2O3/c1-18(11-12-5-2-3-6-12)16(21)17-10-13-7-4-8-14(9-13)15(19)20/h4,7-9,12H,2-3,5-6,10-11H2,1H3,(H,17,21)(H,19,20). The summed E-state index contributed by atoms with van der Waals surface area (Å²) in [4.78, 5) is 24.6. The molecule has 0 atom stereocenters. The van der Waals surface area contributed by atoms with Crippen molar-refractivity contribution < 1.29 is 14.7 Å². The van der Waals surface area contributed by atoms with E-state index in [4.69, 9.17) is 5.11 Å². The lowest BCUT2D eigenvalue weighted by atomic mass is 10.1. The molecule has 21 heavy (non-hydrogen) atoms. The number of hydrogen-bond donors (Lipinski definition) is 2. The van der Waals surface area contributed by atoms with Crippen molar-refractivity contribution in [1.82, 2.24) is 10.2 Å². The zero-order chi connectivity index (χ0) is 15.2. The SMILES string of the molecule is CN(CC1CCCC1)C(=O)NCc1cccc(C(=O)O)c1. The third-order valence-corrected chi connectivity index (χ3v) is 3.97. The van der Waals surface area contributed by atoms with Crippen molar-refractivity contribution in [2.75, 3.05) is 13.6 Å². The summed E-state index contributed by atoms with van der Waals surface area (Å²) >= 11 is 0. The van der Waals surface area contributed by atoms with E-state index < -0.39 is 5.97 Å². The van der Waals surface area contributed by atoms with Crippen LogP contribution in [0.4, 0.5) is 4.79 Å². The van der Waals surface area contributed by atoms with E-state index in [1.807, 2.05) is 6.07 Å². The van der Waals surface area contributed by atoms with Gasteiger partial charge in [0.05, 0.1) is 5.56 Å². The molecule has 0 bridgehead atoms. The number of carboxylic acid groups (broad SMARTS) is 1. The van der Waals surface area contributed by atoms with Crippen LogP contribution in [0.25, 0.3) is 0 Å². The number of benzene rings is 1. The van der Waals surface area contributed by atoms with Crippen LogP contribution < -0.4 is 5.32 Å². The van der Waals surface area contributed by atoms with Crippen molar-refractivity contribution in [3.8, 4) is 0 Å². The maximum Gasteiger partial charge on any atom is 0.335 e. The number of nitrogens with zero attached hydrogens (tertiary/aromatic N) is 1. The van der Waals surface area contributed by atoms with Crippen LogP contribution in [0.1, 0.15) is 41.6 Å². The molecule has 2 N–H and O–H groups in total. The van der Waals surface area contributed by atoms with Crippen LogP contribution in [0, 0.1) is 5.92 Å². The second-order valence-corrected chi connectivity index (χ2v) is 5.70. The highest BCUT2D eigenvalue weighted by Gasteiger charge is 2.19. The van der Waals surface area contributed by atoms with Gasteiger partial charge in [0.15, 0.2) is 0 Å². The van der Waals surface area contributed by atoms with Crippen LogP contribution in [-0.4, -0.2) is 35.6 Å². The molecule has 114 valence electrons. The molecular formula is C16H22N2O3. The van der Waals surface area contributed by atoms with Crippen molar-refractivity contribution in [3.63, 3.8) is 0 Å². The van der Waals surface area contributed by atoms with Crippen molar-refractivity contribution in [2.45, 2.75) is 32.2 Å². The van der Waals surface area contributed by atoms with Gasteiger partial charge in [0.2, 0.25) is 0 Å². The van der Waals surface area contributed by atoms with Crippen molar-refractivity contribution >= 4 is 12.0 Å². The van der Waals surface area contributed by atoms with E-state index in [0.717, 1.165) is 12.1 Å². The van der Waals surface area contributed by atoms with Crippen LogP contribution in [0.3, 0.4) is 0 Å². The third kappa shape index (κ3) is 4.48. The Bertz CT molecular complexity index is 510. The second-order valence-electron chi connectivity index (χ2n) is 5.70. The van der Waals surface area contributed by atoms with E-state index >= 15 is 0 Å². The lowest BCUT2D eigenvalue weighted by Crippen LogP contribution is -2.39. The van der Waals surface area contributed by atoms with Crippen LogP contribution in [0.2, 0.25) is 0 Å². The maximum absolute atomic E-state index is 12.0. The predicted octanol–water partition coefficient (Wildman–Crippen LogP) is 2.72. The molecular weight excluding hydrogens is 268 g/mol. The molecule has 0 unspecified atom stereocenters. The van der Waals surface area contributed by atoms with Crippen molar-refractivity contribution in [3.05, 3.63) is 35.4 Å². The van der Waals surface area contributed by atoms with Crippen LogP contribution in [-0.2, 0) is 6.54 Å². The number of rotatable bonds is 5. The Balaban J connectivity index is 1.82. The van der Waals surface area contributed by atoms with Gasteiger partial charge in [-0.15, -0.1) is 0 Å². The summed E-state index contributed by atoms with van der Waals surface area (Å²) < 4.78 is 0. The normalized spacial score (nSPS) is 14.9. The van der Waals surface area contributed by atoms with Gasteiger partial charge < -0.3 is 15.3 Å². The Morgan fingerprint density at radius 2 is 2.05 bits per heavy atom. The van der Waals surface area contributed by atoms with Crippen molar-refractivity contribution in [2.24, 2.45) is 5.92 Å². The minimum absolute atomic E-state index is 0.109.